The van der Waals surface area contributed by atoms with E-state index in [1.165, 1.54) is 0 Å². The van der Waals surface area contributed by atoms with Crippen molar-refractivity contribution < 1.29 is 9.84 Å². The van der Waals surface area contributed by atoms with E-state index in [2.05, 4.69) is 31.1 Å². The molecule has 2 rings (SSSR count). The molecular formula is C14H17NO2S. The van der Waals surface area contributed by atoms with Crippen molar-refractivity contribution in [2.45, 2.75) is 32.8 Å². The molecule has 1 N–H and O–H groups in total. The molecule has 0 saturated heterocycles. The van der Waals surface area contributed by atoms with Crippen LogP contribution in [0, 0.1) is 0 Å². The standard InChI is InChI=1S/C14H17NO2S/c1-14(2,3)12-9-18-13(15-12)8-17-11-6-4-5-10(16)7-11/h4-7,9,16H,8H2,1-3H3. The minimum absolute atomic E-state index is 0.0692. The maximum atomic E-state index is 9.33. The van der Waals surface area contributed by atoms with Gasteiger partial charge in [0.05, 0.1) is 5.69 Å². The van der Waals surface area contributed by atoms with Gasteiger partial charge in [0.25, 0.3) is 0 Å². The highest BCUT2D eigenvalue weighted by atomic mass is 32.1. The van der Waals surface area contributed by atoms with E-state index in [1.54, 1.807) is 29.5 Å². The van der Waals surface area contributed by atoms with E-state index in [-0.39, 0.29) is 11.2 Å². The Morgan fingerprint density at radius 3 is 2.72 bits per heavy atom. The van der Waals surface area contributed by atoms with Crippen molar-refractivity contribution in [1.29, 1.82) is 0 Å². The van der Waals surface area contributed by atoms with E-state index in [1.807, 2.05) is 6.07 Å². The van der Waals surface area contributed by atoms with Crippen molar-refractivity contribution in [2.75, 3.05) is 0 Å². The van der Waals surface area contributed by atoms with Crippen molar-refractivity contribution >= 4 is 11.3 Å². The van der Waals surface area contributed by atoms with Gasteiger partial charge in [-0.25, -0.2) is 4.98 Å². The number of hydrogen-bond acceptors (Lipinski definition) is 4. The SMILES string of the molecule is CC(C)(C)c1csc(COc2cccc(O)c2)n1. The molecule has 0 saturated carbocycles. The summed E-state index contributed by atoms with van der Waals surface area (Å²) in [4.78, 5) is 4.55. The van der Waals surface area contributed by atoms with Crippen LogP contribution in [0.2, 0.25) is 0 Å². The lowest BCUT2D eigenvalue weighted by Gasteiger charge is -2.14. The van der Waals surface area contributed by atoms with Crippen LogP contribution in [0.15, 0.2) is 29.6 Å². The quantitative estimate of drug-likeness (QED) is 0.917. The first-order chi connectivity index (χ1) is 8.45. The zero-order chi connectivity index (χ0) is 13.2. The van der Waals surface area contributed by atoms with Gasteiger partial charge in [-0.15, -0.1) is 11.3 Å². The molecule has 0 spiro atoms. The van der Waals surface area contributed by atoms with Crippen molar-refractivity contribution in [3.8, 4) is 11.5 Å². The number of rotatable bonds is 3. The Hall–Kier alpha value is -1.55. The Bertz CT molecular complexity index is 529. The van der Waals surface area contributed by atoms with Gasteiger partial charge in [-0.1, -0.05) is 26.8 Å². The fourth-order valence-corrected chi connectivity index (χ4v) is 2.37. The van der Waals surface area contributed by atoms with Gasteiger partial charge in [0.15, 0.2) is 0 Å². The highest BCUT2D eigenvalue weighted by Gasteiger charge is 2.17. The summed E-state index contributed by atoms with van der Waals surface area (Å²) in [6.45, 7) is 6.86. The third-order valence-corrected chi connectivity index (χ3v) is 3.32. The average molecular weight is 263 g/mol. The molecule has 0 aliphatic heterocycles. The molecule has 0 unspecified atom stereocenters. The Morgan fingerprint density at radius 2 is 2.11 bits per heavy atom. The topological polar surface area (TPSA) is 42.4 Å². The summed E-state index contributed by atoms with van der Waals surface area (Å²) in [5.41, 5.74) is 1.15. The molecule has 96 valence electrons. The van der Waals surface area contributed by atoms with E-state index in [0.717, 1.165) is 10.7 Å². The summed E-state index contributed by atoms with van der Waals surface area (Å²) < 4.78 is 5.59. The van der Waals surface area contributed by atoms with Crippen LogP contribution in [0.1, 0.15) is 31.5 Å². The first-order valence-electron chi connectivity index (χ1n) is 5.82. The molecular weight excluding hydrogens is 246 g/mol. The number of ether oxygens (including phenoxy) is 1. The molecule has 0 bridgehead atoms. The third-order valence-electron chi connectivity index (χ3n) is 2.50. The lowest BCUT2D eigenvalue weighted by Crippen LogP contribution is -2.11. The number of nitrogens with zero attached hydrogens (tertiary/aromatic N) is 1. The van der Waals surface area contributed by atoms with Gasteiger partial charge in [0, 0.05) is 16.9 Å². The second-order valence-electron chi connectivity index (χ2n) is 5.16. The molecule has 0 aliphatic rings. The number of benzene rings is 1. The summed E-state index contributed by atoms with van der Waals surface area (Å²) in [6, 6.07) is 6.79. The highest BCUT2D eigenvalue weighted by Crippen LogP contribution is 2.25. The van der Waals surface area contributed by atoms with Gasteiger partial charge in [0.2, 0.25) is 0 Å². The smallest absolute Gasteiger partial charge is 0.140 e. The van der Waals surface area contributed by atoms with Crippen LogP contribution in [0.5, 0.6) is 11.5 Å². The molecule has 1 aromatic carbocycles. The highest BCUT2D eigenvalue weighted by molar-refractivity contribution is 7.09. The molecule has 2 aromatic rings. The lowest BCUT2D eigenvalue weighted by molar-refractivity contribution is 0.303. The maximum Gasteiger partial charge on any atom is 0.140 e. The van der Waals surface area contributed by atoms with E-state index in [4.69, 9.17) is 4.74 Å². The fraction of sp³-hybridized carbons (Fsp3) is 0.357. The summed E-state index contributed by atoms with van der Waals surface area (Å²) in [6.07, 6.45) is 0. The number of phenolic OH excluding ortho intramolecular Hbond substituents is 1. The van der Waals surface area contributed by atoms with Crippen LogP contribution < -0.4 is 4.74 Å². The third kappa shape index (κ3) is 3.23. The van der Waals surface area contributed by atoms with Gasteiger partial charge in [-0.05, 0) is 12.1 Å². The Labute approximate surface area is 111 Å². The molecule has 0 amide bonds. The molecule has 0 atom stereocenters. The fourth-order valence-electron chi connectivity index (χ4n) is 1.44. The first-order valence-corrected chi connectivity index (χ1v) is 6.70. The van der Waals surface area contributed by atoms with E-state index >= 15 is 0 Å². The van der Waals surface area contributed by atoms with Gasteiger partial charge >= 0.3 is 0 Å². The molecule has 1 aromatic heterocycles. The Balaban J connectivity index is 2.01. The Morgan fingerprint density at radius 1 is 1.33 bits per heavy atom. The summed E-state index contributed by atoms with van der Waals surface area (Å²) in [5.74, 6) is 0.865. The molecule has 3 nitrogen and oxygen atoms in total. The lowest BCUT2D eigenvalue weighted by atomic mass is 9.93. The van der Waals surface area contributed by atoms with E-state index in [0.29, 0.717) is 12.4 Å². The van der Waals surface area contributed by atoms with Crippen LogP contribution in [0.4, 0.5) is 0 Å². The zero-order valence-electron chi connectivity index (χ0n) is 10.8. The Kier molecular flexibility index (Phi) is 3.57. The van der Waals surface area contributed by atoms with Crippen molar-refractivity contribution in [3.05, 3.63) is 40.3 Å². The van der Waals surface area contributed by atoms with Crippen LogP contribution in [-0.2, 0) is 12.0 Å². The van der Waals surface area contributed by atoms with Gasteiger partial charge < -0.3 is 9.84 Å². The number of aromatic nitrogens is 1. The first kappa shape index (κ1) is 12.9. The summed E-state index contributed by atoms with van der Waals surface area (Å²) in [5, 5.41) is 12.3. The van der Waals surface area contributed by atoms with Crippen LogP contribution in [0.25, 0.3) is 0 Å². The van der Waals surface area contributed by atoms with Crippen molar-refractivity contribution in [2.24, 2.45) is 0 Å². The molecule has 0 aliphatic carbocycles. The number of aromatic hydroxyl groups is 1. The van der Waals surface area contributed by atoms with E-state index in [9.17, 15) is 5.11 Å². The molecule has 18 heavy (non-hydrogen) atoms. The molecule has 1 heterocycles. The van der Waals surface area contributed by atoms with Crippen LogP contribution >= 0.6 is 11.3 Å². The number of thiazole rings is 1. The minimum Gasteiger partial charge on any atom is -0.508 e. The minimum atomic E-state index is 0.0692. The number of hydrogen-bond donors (Lipinski definition) is 1. The second kappa shape index (κ2) is 4.98. The van der Waals surface area contributed by atoms with Crippen molar-refractivity contribution in [1.82, 2.24) is 4.98 Å². The summed E-state index contributed by atoms with van der Waals surface area (Å²) in [7, 11) is 0. The van der Waals surface area contributed by atoms with Crippen LogP contribution in [0.3, 0.4) is 0 Å². The predicted octanol–water partition coefficient (Wildman–Crippen LogP) is 3.73. The predicted molar refractivity (Wildman–Crippen MR) is 73.3 cm³/mol. The normalized spacial score (nSPS) is 11.5. The number of phenols is 1. The largest absolute Gasteiger partial charge is 0.508 e. The molecule has 0 radical (unpaired) electrons. The summed E-state index contributed by atoms with van der Waals surface area (Å²) >= 11 is 1.60. The average Bonchev–Trinajstić information content (AvgIpc) is 2.74. The van der Waals surface area contributed by atoms with Crippen LogP contribution in [-0.4, -0.2) is 10.1 Å². The van der Waals surface area contributed by atoms with Gasteiger partial charge in [-0.2, -0.15) is 0 Å². The van der Waals surface area contributed by atoms with Gasteiger partial charge in [-0.3, -0.25) is 0 Å². The maximum absolute atomic E-state index is 9.33. The molecule has 4 heteroatoms. The molecule has 0 fully saturated rings. The van der Waals surface area contributed by atoms with Gasteiger partial charge in [0.1, 0.15) is 23.1 Å². The van der Waals surface area contributed by atoms with Crippen molar-refractivity contribution in [3.63, 3.8) is 0 Å². The monoisotopic (exact) mass is 263 g/mol. The van der Waals surface area contributed by atoms with E-state index < -0.39 is 0 Å². The second-order valence-corrected chi connectivity index (χ2v) is 6.11. The zero-order valence-corrected chi connectivity index (χ0v) is 11.6.